The van der Waals surface area contributed by atoms with E-state index in [1.54, 1.807) is 6.20 Å². The molecule has 0 saturated heterocycles. The van der Waals surface area contributed by atoms with Gasteiger partial charge in [0.15, 0.2) is 5.69 Å². The fraction of sp³-hybridized carbons (Fsp3) is 0.105. The molecule has 0 aliphatic rings. The van der Waals surface area contributed by atoms with E-state index in [0.717, 1.165) is 33.5 Å². The Morgan fingerprint density at radius 3 is 2.77 bits per heavy atom. The molecule has 0 atom stereocenters. The van der Waals surface area contributed by atoms with Crippen LogP contribution in [0.25, 0.3) is 22.3 Å². The minimum atomic E-state index is -0.265. The normalized spacial score (nSPS) is 11.0. The largest absolute Gasteiger partial charge is 0.339 e. The molecule has 1 amide bonds. The lowest BCUT2D eigenvalue weighted by Crippen LogP contribution is -2.13. The molecule has 4 aromatic rings. The first-order valence-electron chi connectivity index (χ1n) is 8.09. The highest BCUT2D eigenvalue weighted by Crippen LogP contribution is 2.26. The van der Waals surface area contributed by atoms with Crippen molar-refractivity contribution in [2.75, 3.05) is 5.32 Å². The molecular weight excluding hydrogens is 350 g/mol. The molecule has 0 saturated carbocycles. The van der Waals surface area contributed by atoms with Gasteiger partial charge in [-0.25, -0.2) is 4.98 Å². The molecule has 3 N–H and O–H groups in total. The Morgan fingerprint density at radius 1 is 1.19 bits per heavy atom. The van der Waals surface area contributed by atoms with Gasteiger partial charge in [-0.1, -0.05) is 23.7 Å². The molecular formula is C19H16ClN5O. The van der Waals surface area contributed by atoms with Crippen LogP contribution in [0.4, 0.5) is 5.69 Å². The summed E-state index contributed by atoms with van der Waals surface area (Å²) >= 11 is 6.06. The van der Waals surface area contributed by atoms with Crippen molar-refractivity contribution in [1.29, 1.82) is 0 Å². The van der Waals surface area contributed by atoms with E-state index in [1.807, 2.05) is 50.2 Å². The molecule has 4 rings (SSSR count). The topological polar surface area (TPSA) is 86.5 Å². The molecule has 0 aliphatic carbocycles. The molecule has 6 nitrogen and oxygen atoms in total. The van der Waals surface area contributed by atoms with E-state index in [9.17, 15) is 4.79 Å². The van der Waals surface area contributed by atoms with Gasteiger partial charge < -0.3 is 10.3 Å². The Bertz CT molecular complexity index is 1130. The molecule has 0 radical (unpaired) electrons. The minimum absolute atomic E-state index is 0.265. The number of carbonyl (C=O) groups is 1. The summed E-state index contributed by atoms with van der Waals surface area (Å²) in [7, 11) is 0. The number of rotatable bonds is 3. The lowest BCUT2D eigenvalue weighted by atomic mass is 10.1. The van der Waals surface area contributed by atoms with Gasteiger partial charge in [0.25, 0.3) is 5.91 Å². The second-order valence-electron chi connectivity index (χ2n) is 6.13. The summed E-state index contributed by atoms with van der Waals surface area (Å²) < 4.78 is 0. The van der Waals surface area contributed by atoms with E-state index < -0.39 is 0 Å². The quantitative estimate of drug-likeness (QED) is 0.500. The molecule has 7 heteroatoms. The lowest BCUT2D eigenvalue weighted by molar-refractivity contribution is 0.102. The molecule has 3 aromatic heterocycles. The fourth-order valence-corrected chi connectivity index (χ4v) is 2.98. The zero-order valence-electron chi connectivity index (χ0n) is 14.2. The summed E-state index contributed by atoms with van der Waals surface area (Å²) in [5, 5.41) is 11.3. The van der Waals surface area contributed by atoms with Gasteiger partial charge in [0, 0.05) is 27.4 Å². The van der Waals surface area contributed by atoms with Crippen molar-refractivity contribution in [3.05, 3.63) is 64.6 Å². The van der Waals surface area contributed by atoms with Gasteiger partial charge in [-0.15, -0.1) is 0 Å². The third-order valence-electron chi connectivity index (χ3n) is 4.33. The molecule has 0 aliphatic heterocycles. The van der Waals surface area contributed by atoms with E-state index in [-0.39, 0.29) is 5.91 Å². The Labute approximate surface area is 154 Å². The number of anilines is 1. The van der Waals surface area contributed by atoms with E-state index in [0.29, 0.717) is 16.4 Å². The molecule has 1 aromatic carbocycles. The van der Waals surface area contributed by atoms with Crippen molar-refractivity contribution in [3.63, 3.8) is 0 Å². The maximum Gasteiger partial charge on any atom is 0.276 e. The molecule has 0 bridgehead atoms. The standard InChI is InChI=1S/C19H16ClN5O/c1-10-11(2)24-25-17(10)19(26)22-15-7-13-8-16(23-18(13)21-9-15)12-4-3-5-14(20)6-12/h3-9H,1-2H3,(H,21,23)(H,22,26)(H,24,25). The number of hydrogen-bond acceptors (Lipinski definition) is 3. The number of pyridine rings is 1. The van der Waals surface area contributed by atoms with E-state index in [1.165, 1.54) is 0 Å². The highest BCUT2D eigenvalue weighted by Gasteiger charge is 2.15. The van der Waals surface area contributed by atoms with Crippen LogP contribution in [0.3, 0.4) is 0 Å². The molecule has 0 unspecified atom stereocenters. The minimum Gasteiger partial charge on any atom is -0.339 e. The lowest BCUT2D eigenvalue weighted by Gasteiger charge is -2.03. The van der Waals surface area contributed by atoms with Crippen molar-refractivity contribution in [2.45, 2.75) is 13.8 Å². The second kappa shape index (κ2) is 6.31. The first-order valence-corrected chi connectivity index (χ1v) is 8.46. The van der Waals surface area contributed by atoms with Crippen LogP contribution in [0.2, 0.25) is 5.02 Å². The molecule has 3 heterocycles. The van der Waals surface area contributed by atoms with E-state index in [2.05, 4.69) is 25.5 Å². The van der Waals surface area contributed by atoms with Crippen molar-refractivity contribution < 1.29 is 4.79 Å². The first-order chi connectivity index (χ1) is 12.5. The Morgan fingerprint density at radius 2 is 2.04 bits per heavy atom. The highest BCUT2D eigenvalue weighted by molar-refractivity contribution is 6.30. The van der Waals surface area contributed by atoms with Crippen molar-refractivity contribution in [1.82, 2.24) is 20.2 Å². The summed E-state index contributed by atoms with van der Waals surface area (Å²) in [6, 6.07) is 11.4. The van der Waals surface area contributed by atoms with Crippen molar-refractivity contribution in [2.24, 2.45) is 0 Å². The number of halogens is 1. The molecule has 0 fully saturated rings. The molecule has 130 valence electrons. The number of nitrogens with one attached hydrogen (secondary N) is 3. The van der Waals surface area contributed by atoms with Gasteiger partial charge in [-0.05, 0) is 43.7 Å². The summed E-state index contributed by atoms with van der Waals surface area (Å²) in [5.74, 6) is -0.265. The second-order valence-corrected chi connectivity index (χ2v) is 6.57. The van der Waals surface area contributed by atoms with Crippen LogP contribution in [0.15, 0.2) is 42.6 Å². The van der Waals surface area contributed by atoms with Gasteiger partial charge in [-0.3, -0.25) is 9.89 Å². The molecule has 0 spiro atoms. The Balaban J connectivity index is 1.63. The predicted octanol–water partition coefficient (Wildman–Crippen LogP) is 4.48. The van der Waals surface area contributed by atoms with E-state index in [4.69, 9.17) is 11.6 Å². The number of aromatic amines is 2. The van der Waals surface area contributed by atoms with Gasteiger partial charge in [0.05, 0.1) is 11.9 Å². The smallest absolute Gasteiger partial charge is 0.276 e. The van der Waals surface area contributed by atoms with E-state index >= 15 is 0 Å². The third kappa shape index (κ3) is 2.95. The number of hydrogen-bond donors (Lipinski definition) is 3. The van der Waals surface area contributed by atoms with Crippen LogP contribution in [0, 0.1) is 13.8 Å². The zero-order valence-corrected chi connectivity index (χ0v) is 15.0. The number of H-pyrrole nitrogens is 2. The fourth-order valence-electron chi connectivity index (χ4n) is 2.79. The van der Waals surface area contributed by atoms with Crippen molar-refractivity contribution >= 4 is 34.2 Å². The summed E-state index contributed by atoms with van der Waals surface area (Å²) in [5.41, 5.74) is 5.34. The van der Waals surface area contributed by atoms with Gasteiger partial charge >= 0.3 is 0 Å². The summed E-state index contributed by atoms with van der Waals surface area (Å²) in [6.45, 7) is 3.74. The number of aromatic nitrogens is 4. The number of benzene rings is 1. The number of nitrogens with zero attached hydrogens (tertiary/aromatic N) is 2. The van der Waals surface area contributed by atoms with Crippen LogP contribution in [-0.4, -0.2) is 26.1 Å². The van der Waals surface area contributed by atoms with Gasteiger partial charge in [0.1, 0.15) is 5.65 Å². The Kier molecular flexibility index (Phi) is 3.97. The molecule has 26 heavy (non-hydrogen) atoms. The van der Waals surface area contributed by atoms with Crippen LogP contribution in [0.1, 0.15) is 21.7 Å². The predicted molar refractivity (Wildman–Crippen MR) is 103 cm³/mol. The van der Waals surface area contributed by atoms with Crippen LogP contribution < -0.4 is 5.32 Å². The third-order valence-corrected chi connectivity index (χ3v) is 4.57. The first kappa shape index (κ1) is 16.4. The number of amides is 1. The zero-order chi connectivity index (χ0) is 18.3. The monoisotopic (exact) mass is 365 g/mol. The van der Waals surface area contributed by atoms with Crippen LogP contribution in [-0.2, 0) is 0 Å². The number of aryl methyl sites for hydroxylation is 1. The van der Waals surface area contributed by atoms with Crippen LogP contribution >= 0.6 is 11.6 Å². The van der Waals surface area contributed by atoms with Gasteiger partial charge in [-0.2, -0.15) is 5.10 Å². The highest BCUT2D eigenvalue weighted by atomic mass is 35.5. The number of carbonyl (C=O) groups excluding carboxylic acids is 1. The summed E-state index contributed by atoms with van der Waals surface area (Å²) in [6.07, 6.45) is 1.62. The SMILES string of the molecule is Cc1[nH]nc(C(=O)Nc2cnc3[nH]c(-c4cccc(Cl)c4)cc3c2)c1C. The Hall–Kier alpha value is -3.12. The van der Waals surface area contributed by atoms with Crippen LogP contribution in [0.5, 0.6) is 0 Å². The maximum absolute atomic E-state index is 12.4. The van der Waals surface area contributed by atoms with Gasteiger partial charge in [0.2, 0.25) is 0 Å². The van der Waals surface area contributed by atoms with Crippen molar-refractivity contribution in [3.8, 4) is 11.3 Å². The average molecular weight is 366 g/mol. The number of fused-ring (bicyclic) bond motifs is 1. The average Bonchev–Trinajstić information content (AvgIpc) is 3.18. The maximum atomic E-state index is 12.4. The summed E-state index contributed by atoms with van der Waals surface area (Å²) in [4.78, 5) is 20.1.